The number of carboxylic acid groups (broad SMARTS) is 1. The number of carbonyl (C=O) groups is 1. The number of hydrogen-bond acceptors (Lipinski definition) is 2. The molecule has 17 heavy (non-hydrogen) atoms. The average Bonchev–Trinajstić information content (AvgIpc) is 2.15. The van der Waals surface area contributed by atoms with Gasteiger partial charge in [-0.25, -0.2) is 8.78 Å². The molecule has 0 aromatic heterocycles. The molecule has 0 aliphatic carbocycles. The van der Waals surface area contributed by atoms with Crippen molar-refractivity contribution in [3.8, 4) is 5.75 Å². The van der Waals surface area contributed by atoms with Crippen molar-refractivity contribution < 1.29 is 23.4 Å². The molecule has 0 aliphatic rings. The molecule has 1 N–H and O–H groups in total. The first kappa shape index (κ1) is 13.4. The van der Waals surface area contributed by atoms with Gasteiger partial charge in [-0.3, -0.25) is 4.79 Å². The largest absolute Gasteiger partial charge is 0.491 e. The van der Waals surface area contributed by atoms with Crippen LogP contribution in [0.4, 0.5) is 8.78 Å². The first-order valence-electron chi connectivity index (χ1n) is 5.03. The zero-order valence-electron chi connectivity index (χ0n) is 9.88. The van der Waals surface area contributed by atoms with Crippen LogP contribution >= 0.6 is 0 Å². The maximum atomic E-state index is 13.4. The lowest BCUT2D eigenvalue weighted by Gasteiger charge is -2.19. The molecule has 0 amide bonds. The molecule has 0 saturated heterocycles. The maximum absolute atomic E-state index is 13.4. The van der Waals surface area contributed by atoms with Crippen LogP contribution in [0.1, 0.15) is 19.4 Å². The number of halogens is 2. The van der Waals surface area contributed by atoms with Crippen molar-refractivity contribution in [3.05, 3.63) is 29.3 Å². The van der Waals surface area contributed by atoms with E-state index in [-0.39, 0.29) is 12.0 Å². The molecular weight excluding hydrogens is 230 g/mol. The van der Waals surface area contributed by atoms with Crippen molar-refractivity contribution in [1.82, 2.24) is 0 Å². The van der Waals surface area contributed by atoms with Gasteiger partial charge in [-0.05, 0) is 38.0 Å². The van der Waals surface area contributed by atoms with E-state index in [9.17, 15) is 13.6 Å². The first-order valence-corrected chi connectivity index (χ1v) is 5.03. The monoisotopic (exact) mass is 244 g/mol. The van der Waals surface area contributed by atoms with Gasteiger partial charge >= 0.3 is 5.97 Å². The van der Waals surface area contributed by atoms with Crippen molar-refractivity contribution >= 4 is 5.97 Å². The second kappa shape index (κ2) is 4.69. The molecule has 0 saturated carbocycles. The Morgan fingerprint density at radius 3 is 2.18 bits per heavy atom. The number of rotatable bonds is 4. The third-order valence-electron chi connectivity index (χ3n) is 2.49. The molecule has 0 atom stereocenters. The van der Waals surface area contributed by atoms with Crippen molar-refractivity contribution in [3.63, 3.8) is 0 Å². The lowest BCUT2D eigenvalue weighted by Crippen LogP contribution is -2.26. The van der Waals surface area contributed by atoms with Gasteiger partial charge in [0, 0.05) is 0 Å². The van der Waals surface area contributed by atoms with Crippen LogP contribution in [0.5, 0.6) is 5.75 Å². The molecule has 1 aromatic carbocycles. The van der Waals surface area contributed by atoms with Crippen molar-refractivity contribution in [2.24, 2.45) is 5.41 Å². The molecule has 0 bridgehead atoms. The van der Waals surface area contributed by atoms with Crippen molar-refractivity contribution in [2.45, 2.75) is 20.3 Å². The Labute approximate surface area is 98.0 Å². The average molecular weight is 244 g/mol. The quantitative estimate of drug-likeness (QED) is 0.885. The minimum absolute atomic E-state index is 0.0418. The Balaban J connectivity index is 3.06. The third kappa shape index (κ3) is 2.93. The Morgan fingerprint density at radius 2 is 1.82 bits per heavy atom. The smallest absolute Gasteiger partial charge is 0.309 e. The minimum atomic E-state index is -1.08. The molecule has 5 heteroatoms. The zero-order valence-corrected chi connectivity index (χ0v) is 9.88. The zero-order chi connectivity index (χ0) is 13.2. The molecular formula is C12H14F2O3. The fourth-order valence-corrected chi connectivity index (χ4v) is 1.50. The number of aliphatic carboxylic acids is 1. The molecule has 0 unspecified atom stereocenters. The molecule has 1 rings (SSSR count). The standard InChI is InChI=1S/C12H14F2O3/c1-12(2,11(15)16)6-7-4-8(13)10(17-3)9(14)5-7/h4-5H,6H2,1-3H3,(H,15,16). The summed E-state index contributed by atoms with van der Waals surface area (Å²) in [5.41, 5.74) is -0.791. The van der Waals surface area contributed by atoms with Gasteiger partial charge < -0.3 is 9.84 Å². The van der Waals surface area contributed by atoms with E-state index in [1.807, 2.05) is 0 Å². The van der Waals surface area contributed by atoms with Crippen LogP contribution in [0.25, 0.3) is 0 Å². The van der Waals surface area contributed by atoms with Crippen LogP contribution in [0.15, 0.2) is 12.1 Å². The Morgan fingerprint density at radius 1 is 1.35 bits per heavy atom. The van der Waals surface area contributed by atoms with Gasteiger partial charge in [0.25, 0.3) is 0 Å². The highest BCUT2D eigenvalue weighted by Crippen LogP contribution is 2.27. The second-order valence-corrected chi connectivity index (χ2v) is 4.46. The van der Waals surface area contributed by atoms with Crippen LogP contribution in [0.3, 0.4) is 0 Å². The van der Waals surface area contributed by atoms with E-state index >= 15 is 0 Å². The van der Waals surface area contributed by atoms with Gasteiger partial charge in [0.2, 0.25) is 0 Å². The predicted octanol–water partition coefficient (Wildman–Crippen LogP) is 2.63. The van der Waals surface area contributed by atoms with E-state index in [2.05, 4.69) is 4.74 Å². The molecule has 94 valence electrons. The Kier molecular flexibility index (Phi) is 3.70. The number of carboxylic acids is 1. The van der Waals surface area contributed by atoms with Crippen LogP contribution < -0.4 is 4.74 Å². The van der Waals surface area contributed by atoms with Gasteiger partial charge in [-0.2, -0.15) is 0 Å². The summed E-state index contributed by atoms with van der Waals surface area (Å²) in [6.45, 7) is 2.99. The highest BCUT2D eigenvalue weighted by Gasteiger charge is 2.28. The molecule has 0 aliphatic heterocycles. The van der Waals surface area contributed by atoms with Gasteiger partial charge in [0.05, 0.1) is 12.5 Å². The van der Waals surface area contributed by atoms with Crippen molar-refractivity contribution in [1.29, 1.82) is 0 Å². The summed E-state index contributed by atoms with van der Waals surface area (Å²) in [5, 5.41) is 8.93. The number of benzene rings is 1. The third-order valence-corrected chi connectivity index (χ3v) is 2.49. The number of ether oxygens (including phenoxy) is 1. The van der Waals surface area contributed by atoms with E-state index in [4.69, 9.17) is 5.11 Å². The lowest BCUT2D eigenvalue weighted by molar-refractivity contribution is -0.146. The lowest BCUT2D eigenvalue weighted by atomic mass is 9.86. The molecule has 0 spiro atoms. The minimum Gasteiger partial charge on any atom is -0.491 e. The maximum Gasteiger partial charge on any atom is 0.309 e. The number of methoxy groups -OCH3 is 1. The molecule has 0 radical (unpaired) electrons. The van der Waals surface area contributed by atoms with E-state index in [1.54, 1.807) is 0 Å². The van der Waals surface area contributed by atoms with Crippen LogP contribution in [-0.4, -0.2) is 18.2 Å². The summed E-state index contributed by atoms with van der Waals surface area (Å²) in [4.78, 5) is 10.9. The fourth-order valence-electron chi connectivity index (χ4n) is 1.50. The fraction of sp³-hybridized carbons (Fsp3) is 0.417. The second-order valence-electron chi connectivity index (χ2n) is 4.46. The van der Waals surface area contributed by atoms with Gasteiger partial charge in [-0.1, -0.05) is 0 Å². The Bertz CT molecular complexity index is 418. The van der Waals surface area contributed by atoms with Gasteiger partial charge in [0.1, 0.15) is 0 Å². The van der Waals surface area contributed by atoms with E-state index in [0.717, 1.165) is 12.1 Å². The van der Waals surface area contributed by atoms with Crippen LogP contribution in [0.2, 0.25) is 0 Å². The summed E-state index contributed by atoms with van der Waals surface area (Å²) in [6.07, 6.45) is 0.0418. The normalized spacial score (nSPS) is 11.4. The summed E-state index contributed by atoms with van der Waals surface area (Å²) >= 11 is 0. The summed E-state index contributed by atoms with van der Waals surface area (Å²) in [5.74, 6) is -3.14. The molecule has 1 aromatic rings. The predicted molar refractivity (Wildman–Crippen MR) is 58.0 cm³/mol. The van der Waals surface area contributed by atoms with Gasteiger partial charge in [-0.15, -0.1) is 0 Å². The highest BCUT2D eigenvalue weighted by atomic mass is 19.1. The molecule has 0 fully saturated rings. The van der Waals surface area contributed by atoms with E-state index < -0.39 is 28.8 Å². The Hall–Kier alpha value is -1.65. The van der Waals surface area contributed by atoms with Crippen LogP contribution in [-0.2, 0) is 11.2 Å². The first-order chi connectivity index (χ1) is 7.77. The SMILES string of the molecule is COc1c(F)cc(CC(C)(C)C(=O)O)cc1F. The summed E-state index contributed by atoms with van der Waals surface area (Å²) < 4.78 is 31.3. The van der Waals surface area contributed by atoms with E-state index in [1.165, 1.54) is 21.0 Å². The number of hydrogen-bond donors (Lipinski definition) is 1. The summed E-state index contributed by atoms with van der Waals surface area (Å²) in [6, 6.07) is 2.18. The van der Waals surface area contributed by atoms with Crippen molar-refractivity contribution in [2.75, 3.05) is 7.11 Å². The highest BCUT2D eigenvalue weighted by molar-refractivity contribution is 5.74. The van der Waals surface area contributed by atoms with E-state index in [0.29, 0.717) is 0 Å². The van der Waals surface area contributed by atoms with Crippen LogP contribution in [0, 0.1) is 17.0 Å². The molecule has 3 nitrogen and oxygen atoms in total. The van der Waals surface area contributed by atoms with Gasteiger partial charge in [0.15, 0.2) is 17.4 Å². The molecule has 0 heterocycles. The topological polar surface area (TPSA) is 46.5 Å². The summed E-state index contributed by atoms with van der Waals surface area (Å²) in [7, 11) is 1.17.